The molecule has 0 aliphatic carbocycles. The van der Waals surface area contributed by atoms with Crippen molar-refractivity contribution in [2.45, 2.75) is 47.0 Å². The molecule has 0 aromatic carbocycles. The van der Waals surface area contributed by atoms with E-state index in [1.54, 1.807) is 0 Å². The predicted octanol–water partition coefficient (Wildman–Crippen LogP) is 2.85. The molecule has 0 heterocycles. The maximum atomic E-state index is 8.70. The first kappa shape index (κ1) is 14.5. The Morgan fingerprint density at radius 1 is 1.25 bits per heavy atom. The van der Waals surface area contributed by atoms with Gasteiger partial charge in [-0.3, -0.25) is 0 Å². The molecule has 0 aromatic rings. The largest absolute Gasteiger partial charge is 0.692 e. The predicted molar refractivity (Wildman–Crippen MR) is 51.0 cm³/mol. The fourth-order valence-electron chi connectivity index (χ4n) is 0.707. The molecule has 0 bridgehead atoms. The number of hydrogen-bond acceptors (Lipinski definition) is 1. The standard InChI is InChI=1S/C8H18.HO3P/c1-5-6-7-8(2,3)4;1-4(2)3/h5-7H2,1-4H3;(H-,1,2,3)/p+1. The molecule has 0 spiro atoms. The molecule has 12 heavy (non-hydrogen) atoms. The smallest absolute Gasteiger partial charge is 0.134 e. The second-order valence-electron chi connectivity index (χ2n) is 3.92. The number of rotatable bonds is 2. The van der Waals surface area contributed by atoms with Crippen LogP contribution in [0.15, 0.2) is 0 Å². The van der Waals surface area contributed by atoms with E-state index in [1.165, 1.54) is 19.3 Å². The van der Waals surface area contributed by atoms with Crippen molar-refractivity contribution >= 4 is 8.25 Å². The molecule has 0 fully saturated rings. The Hall–Kier alpha value is 0.0200. The third-order valence-electron chi connectivity index (χ3n) is 1.28. The molecular formula is C8H20O3P+. The first-order valence-electron chi connectivity index (χ1n) is 4.14. The van der Waals surface area contributed by atoms with E-state index in [0.29, 0.717) is 5.41 Å². The van der Waals surface area contributed by atoms with Crippen LogP contribution in [0.1, 0.15) is 47.0 Å². The molecule has 0 saturated heterocycles. The van der Waals surface area contributed by atoms with Crippen molar-refractivity contribution in [2.75, 3.05) is 0 Å². The first-order valence-corrected chi connectivity index (χ1v) is 5.31. The molecule has 0 aliphatic rings. The van der Waals surface area contributed by atoms with Crippen LogP contribution < -0.4 is 0 Å². The van der Waals surface area contributed by atoms with Gasteiger partial charge in [0, 0.05) is 4.57 Å². The second-order valence-corrected chi connectivity index (χ2v) is 4.42. The Labute approximate surface area is 75.8 Å². The lowest BCUT2D eigenvalue weighted by Crippen LogP contribution is -2.03. The average Bonchev–Trinajstić information content (AvgIpc) is 1.80. The SMILES string of the molecule is CCCCC(C)(C)C.O=[P+](O)O. The van der Waals surface area contributed by atoms with Gasteiger partial charge in [-0.1, -0.05) is 40.5 Å². The molecule has 0 saturated carbocycles. The summed E-state index contributed by atoms with van der Waals surface area (Å²) in [6.45, 7) is 9.12. The van der Waals surface area contributed by atoms with Crippen molar-refractivity contribution in [2.24, 2.45) is 5.41 Å². The average molecular weight is 195 g/mol. The Morgan fingerprint density at radius 2 is 1.58 bits per heavy atom. The molecule has 2 N–H and O–H groups in total. The molecule has 0 atom stereocenters. The van der Waals surface area contributed by atoms with Crippen LogP contribution in [-0.4, -0.2) is 9.79 Å². The molecule has 3 nitrogen and oxygen atoms in total. The molecular weight excluding hydrogens is 175 g/mol. The second kappa shape index (κ2) is 7.66. The minimum Gasteiger partial charge on any atom is -0.134 e. The maximum Gasteiger partial charge on any atom is 0.692 e. The van der Waals surface area contributed by atoms with Crippen molar-refractivity contribution < 1.29 is 14.4 Å². The molecule has 0 unspecified atom stereocenters. The van der Waals surface area contributed by atoms with Gasteiger partial charge in [-0.25, -0.2) is 0 Å². The molecule has 0 aromatic heterocycles. The topological polar surface area (TPSA) is 57.5 Å². The minimum absolute atomic E-state index is 0.552. The Balaban J connectivity index is 0. The van der Waals surface area contributed by atoms with Gasteiger partial charge in [-0.15, -0.1) is 9.79 Å². The summed E-state index contributed by atoms with van der Waals surface area (Å²) in [5.74, 6) is 0. The van der Waals surface area contributed by atoms with Gasteiger partial charge < -0.3 is 0 Å². The third-order valence-corrected chi connectivity index (χ3v) is 1.28. The van der Waals surface area contributed by atoms with E-state index in [2.05, 4.69) is 27.7 Å². The van der Waals surface area contributed by atoms with Crippen molar-refractivity contribution in [1.29, 1.82) is 0 Å². The van der Waals surface area contributed by atoms with Crippen molar-refractivity contribution in [1.82, 2.24) is 0 Å². The van der Waals surface area contributed by atoms with Crippen LogP contribution >= 0.6 is 8.25 Å². The Morgan fingerprint density at radius 3 is 1.67 bits per heavy atom. The summed E-state index contributed by atoms with van der Waals surface area (Å²) in [4.78, 5) is 14.2. The molecule has 0 amide bonds. The Kier molecular flexibility index (Phi) is 9.28. The number of unbranched alkanes of at least 4 members (excludes halogenated alkanes) is 1. The van der Waals surface area contributed by atoms with Gasteiger partial charge in [0.05, 0.1) is 0 Å². The fourth-order valence-corrected chi connectivity index (χ4v) is 0.707. The molecule has 0 radical (unpaired) electrons. The summed E-state index contributed by atoms with van der Waals surface area (Å²) in [5, 5.41) is 0. The summed E-state index contributed by atoms with van der Waals surface area (Å²) in [5.41, 5.74) is 0.552. The normalized spacial score (nSPS) is 10.2. The van der Waals surface area contributed by atoms with Crippen LogP contribution in [0.2, 0.25) is 0 Å². The molecule has 74 valence electrons. The van der Waals surface area contributed by atoms with Crippen molar-refractivity contribution in [3.05, 3.63) is 0 Å². The monoisotopic (exact) mass is 195 g/mol. The first-order chi connectivity index (χ1) is 5.29. The molecule has 0 rings (SSSR count). The van der Waals surface area contributed by atoms with Gasteiger partial charge in [-0.2, -0.15) is 0 Å². The highest BCUT2D eigenvalue weighted by Gasteiger charge is 2.07. The maximum absolute atomic E-state index is 8.70. The van der Waals surface area contributed by atoms with Crippen LogP contribution in [0, 0.1) is 5.41 Å². The summed E-state index contributed by atoms with van der Waals surface area (Å²) >= 11 is 0. The van der Waals surface area contributed by atoms with E-state index in [4.69, 9.17) is 14.4 Å². The molecule has 4 heteroatoms. The van der Waals surface area contributed by atoms with E-state index in [9.17, 15) is 0 Å². The van der Waals surface area contributed by atoms with Gasteiger partial charge >= 0.3 is 8.25 Å². The van der Waals surface area contributed by atoms with Gasteiger partial charge in [0.1, 0.15) is 0 Å². The van der Waals surface area contributed by atoms with Gasteiger partial charge in [0.2, 0.25) is 0 Å². The van der Waals surface area contributed by atoms with Crippen molar-refractivity contribution in [3.63, 3.8) is 0 Å². The van der Waals surface area contributed by atoms with E-state index in [-0.39, 0.29) is 0 Å². The van der Waals surface area contributed by atoms with E-state index in [0.717, 1.165) is 0 Å². The highest BCUT2D eigenvalue weighted by Crippen LogP contribution is 2.20. The fraction of sp³-hybridized carbons (Fsp3) is 1.00. The van der Waals surface area contributed by atoms with Crippen LogP contribution in [0.3, 0.4) is 0 Å². The van der Waals surface area contributed by atoms with Gasteiger partial charge in [0.25, 0.3) is 0 Å². The quantitative estimate of drug-likeness (QED) is 0.666. The van der Waals surface area contributed by atoms with Crippen LogP contribution in [0.25, 0.3) is 0 Å². The zero-order valence-electron chi connectivity index (χ0n) is 8.37. The highest BCUT2D eigenvalue weighted by atomic mass is 31.1. The van der Waals surface area contributed by atoms with Crippen molar-refractivity contribution in [3.8, 4) is 0 Å². The van der Waals surface area contributed by atoms with E-state index >= 15 is 0 Å². The molecule has 0 aliphatic heterocycles. The van der Waals surface area contributed by atoms with Gasteiger partial charge in [-0.05, 0) is 11.8 Å². The van der Waals surface area contributed by atoms with Crippen LogP contribution in [0.5, 0.6) is 0 Å². The summed E-state index contributed by atoms with van der Waals surface area (Å²) in [6, 6.07) is 0. The van der Waals surface area contributed by atoms with E-state index in [1.807, 2.05) is 0 Å². The van der Waals surface area contributed by atoms with Crippen LogP contribution in [0.4, 0.5) is 0 Å². The third kappa shape index (κ3) is 32.3. The summed E-state index contributed by atoms with van der Waals surface area (Å²) in [7, 11) is -2.87. The zero-order valence-corrected chi connectivity index (χ0v) is 9.27. The zero-order chi connectivity index (χ0) is 10.2. The highest BCUT2D eigenvalue weighted by molar-refractivity contribution is 7.30. The van der Waals surface area contributed by atoms with Gasteiger partial charge in [0.15, 0.2) is 0 Å². The lowest BCUT2D eigenvalue weighted by Gasteiger charge is -2.16. The van der Waals surface area contributed by atoms with E-state index < -0.39 is 8.25 Å². The summed E-state index contributed by atoms with van der Waals surface area (Å²) < 4.78 is 8.70. The van der Waals surface area contributed by atoms with Crippen LogP contribution in [-0.2, 0) is 4.57 Å². The lowest BCUT2D eigenvalue weighted by molar-refractivity contribution is 0.363. The lowest BCUT2D eigenvalue weighted by atomic mass is 9.90. The number of hydrogen-bond donors (Lipinski definition) is 2. The Bertz CT molecular complexity index is 114. The summed E-state index contributed by atoms with van der Waals surface area (Å²) in [6.07, 6.45) is 4.07. The minimum atomic E-state index is -2.87.